The molecule has 0 atom stereocenters. The third-order valence-corrected chi connectivity index (χ3v) is 3.38. The van der Waals surface area contributed by atoms with Crippen molar-refractivity contribution in [1.29, 1.82) is 0 Å². The van der Waals surface area contributed by atoms with Crippen LogP contribution in [0.4, 0.5) is 18.9 Å². The molecule has 116 valence electrons. The Morgan fingerprint density at radius 1 is 1.27 bits per heavy atom. The van der Waals surface area contributed by atoms with Gasteiger partial charge in [-0.05, 0) is 6.07 Å². The predicted molar refractivity (Wildman–Crippen MR) is 68.4 cm³/mol. The van der Waals surface area contributed by atoms with Crippen LogP contribution in [0.15, 0.2) is 18.5 Å². The van der Waals surface area contributed by atoms with Gasteiger partial charge in [0.2, 0.25) is 5.82 Å². The summed E-state index contributed by atoms with van der Waals surface area (Å²) in [7, 11) is 0. The zero-order valence-corrected chi connectivity index (χ0v) is 11.2. The number of fused-ring (bicyclic) bond motifs is 1. The van der Waals surface area contributed by atoms with Gasteiger partial charge in [0.1, 0.15) is 0 Å². The normalized spacial score (nSPS) is 14.8. The molecule has 3 rings (SSSR count). The lowest BCUT2D eigenvalue weighted by Crippen LogP contribution is -2.39. The van der Waals surface area contributed by atoms with E-state index in [9.17, 15) is 18.0 Å². The molecule has 22 heavy (non-hydrogen) atoms. The largest absolute Gasteiger partial charge is 0.451 e. The van der Waals surface area contributed by atoms with Crippen molar-refractivity contribution < 1.29 is 18.0 Å². The summed E-state index contributed by atoms with van der Waals surface area (Å²) >= 11 is 0. The molecule has 0 aliphatic carbocycles. The molecule has 2 N–H and O–H groups in total. The van der Waals surface area contributed by atoms with E-state index in [1.807, 2.05) is 0 Å². The minimum absolute atomic E-state index is 0.0247. The summed E-state index contributed by atoms with van der Waals surface area (Å²) in [4.78, 5) is 17.6. The van der Waals surface area contributed by atoms with Crippen molar-refractivity contribution >= 4 is 11.6 Å². The third-order valence-electron chi connectivity index (χ3n) is 3.38. The number of pyridine rings is 1. The summed E-state index contributed by atoms with van der Waals surface area (Å²) in [6.07, 6.45) is -1.78. The number of aromatic nitrogens is 4. The van der Waals surface area contributed by atoms with Crippen molar-refractivity contribution in [2.24, 2.45) is 0 Å². The van der Waals surface area contributed by atoms with Gasteiger partial charge in [0.15, 0.2) is 5.82 Å². The van der Waals surface area contributed by atoms with Gasteiger partial charge >= 0.3 is 6.18 Å². The minimum atomic E-state index is -4.56. The summed E-state index contributed by atoms with van der Waals surface area (Å²) in [6.45, 7) is 0.0284. The molecule has 7 nitrogen and oxygen atoms in total. The fraction of sp³-hybridized carbons (Fsp3) is 0.333. The number of alkyl halides is 3. The Morgan fingerprint density at radius 3 is 2.73 bits per heavy atom. The Hall–Kier alpha value is -2.65. The second-order valence-electron chi connectivity index (χ2n) is 4.78. The Morgan fingerprint density at radius 2 is 2.05 bits per heavy atom. The van der Waals surface area contributed by atoms with Gasteiger partial charge in [0, 0.05) is 31.2 Å². The van der Waals surface area contributed by atoms with Crippen LogP contribution in [0.2, 0.25) is 0 Å². The van der Waals surface area contributed by atoms with Crippen LogP contribution in [-0.2, 0) is 19.3 Å². The van der Waals surface area contributed by atoms with E-state index in [2.05, 4.69) is 15.2 Å². The van der Waals surface area contributed by atoms with Crippen molar-refractivity contribution in [3.05, 3.63) is 35.7 Å². The third kappa shape index (κ3) is 2.36. The van der Waals surface area contributed by atoms with Crippen LogP contribution < -0.4 is 5.73 Å². The molecule has 0 bridgehead atoms. The first-order valence-corrected chi connectivity index (χ1v) is 6.36. The molecule has 0 radical (unpaired) electrons. The standard InChI is InChI=1S/C12H11F3N6O/c13-12(14,15)11-19-18-9-6-20(3-4-21(9)11)10(22)7-5-17-2-1-8(7)16/h1-2,5H,3-4,6H2,(H2,16,17). The maximum Gasteiger partial charge on any atom is 0.451 e. The van der Waals surface area contributed by atoms with Crippen LogP contribution in [0, 0.1) is 0 Å². The Balaban J connectivity index is 1.85. The van der Waals surface area contributed by atoms with Gasteiger partial charge in [-0.15, -0.1) is 10.2 Å². The molecule has 3 heterocycles. The molecule has 1 aliphatic heterocycles. The number of nitrogen functional groups attached to an aromatic ring is 1. The maximum atomic E-state index is 12.8. The smallest absolute Gasteiger partial charge is 0.398 e. The van der Waals surface area contributed by atoms with E-state index >= 15 is 0 Å². The van der Waals surface area contributed by atoms with Crippen molar-refractivity contribution in [3.63, 3.8) is 0 Å². The average molecular weight is 312 g/mol. The van der Waals surface area contributed by atoms with Gasteiger partial charge < -0.3 is 15.2 Å². The molecular weight excluding hydrogens is 301 g/mol. The molecule has 0 saturated carbocycles. The Kier molecular flexibility index (Phi) is 3.23. The number of anilines is 1. The monoisotopic (exact) mass is 312 g/mol. The number of amides is 1. The average Bonchev–Trinajstić information content (AvgIpc) is 2.90. The quantitative estimate of drug-likeness (QED) is 0.846. The molecule has 0 spiro atoms. The highest BCUT2D eigenvalue weighted by Gasteiger charge is 2.40. The van der Waals surface area contributed by atoms with Crippen molar-refractivity contribution in [2.75, 3.05) is 12.3 Å². The zero-order chi connectivity index (χ0) is 15.9. The molecule has 2 aromatic rings. The van der Waals surface area contributed by atoms with Gasteiger partial charge in [-0.1, -0.05) is 0 Å². The number of nitrogens with two attached hydrogens (primary N) is 1. The van der Waals surface area contributed by atoms with Gasteiger partial charge in [-0.3, -0.25) is 9.78 Å². The number of hydrogen-bond acceptors (Lipinski definition) is 5. The van der Waals surface area contributed by atoms with Gasteiger partial charge in [-0.2, -0.15) is 13.2 Å². The highest BCUT2D eigenvalue weighted by molar-refractivity contribution is 5.98. The number of halogens is 3. The molecule has 2 aromatic heterocycles. The summed E-state index contributed by atoms with van der Waals surface area (Å²) < 4.78 is 39.2. The zero-order valence-electron chi connectivity index (χ0n) is 11.2. The summed E-state index contributed by atoms with van der Waals surface area (Å²) in [5.41, 5.74) is 6.20. The summed E-state index contributed by atoms with van der Waals surface area (Å²) in [6, 6.07) is 1.49. The van der Waals surface area contributed by atoms with Crippen LogP contribution in [0.25, 0.3) is 0 Å². The minimum Gasteiger partial charge on any atom is -0.398 e. The Labute approximate surface area is 122 Å². The van der Waals surface area contributed by atoms with E-state index < -0.39 is 17.9 Å². The first kappa shape index (κ1) is 14.3. The molecular formula is C12H11F3N6O. The number of carbonyl (C=O) groups is 1. The van der Waals surface area contributed by atoms with Gasteiger partial charge in [0.05, 0.1) is 12.1 Å². The number of hydrogen-bond donors (Lipinski definition) is 1. The van der Waals surface area contributed by atoms with E-state index in [0.717, 1.165) is 4.57 Å². The van der Waals surface area contributed by atoms with Crippen molar-refractivity contribution in [2.45, 2.75) is 19.3 Å². The van der Waals surface area contributed by atoms with Gasteiger partial charge in [0.25, 0.3) is 5.91 Å². The van der Waals surface area contributed by atoms with E-state index in [-0.39, 0.29) is 36.7 Å². The highest BCUT2D eigenvalue weighted by Crippen LogP contribution is 2.29. The van der Waals surface area contributed by atoms with Crippen LogP contribution in [0.1, 0.15) is 22.0 Å². The lowest BCUT2D eigenvalue weighted by Gasteiger charge is -2.28. The molecule has 1 amide bonds. The van der Waals surface area contributed by atoms with E-state index in [1.165, 1.54) is 23.4 Å². The molecule has 10 heteroatoms. The lowest BCUT2D eigenvalue weighted by atomic mass is 10.2. The predicted octanol–water partition coefficient (Wildman–Crippen LogP) is 0.930. The lowest BCUT2D eigenvalue weighted by molar-refractivity contribution is -0.147. The Bertz CT molecular complexity index is 726. The molecule has 0 unspecified atom stereocenters. The van der Waals surface area contributed by atoms with Crippen molar-refractivity contribution in [1.82, 2.24) is 24.6 Å². The number of carbonyl (C=O) groups excluding carboxylic acids is 1. The summed E-state index contributed by atoms with van der Waals surface area (Å²) in [5.74, 6) is -1.35. The molecule has 0 aromatic carbocycles. The van der Waals surface area contributed by atoms with E-state index in [0.29, 0.717) is 0 Å². The highest BCUT2D eigenvalue weighted by atomic mass is 19.4. The first-order chi connectivity index (χ1) is 10.4. The number of rotatable bonds is 1. The van der Waals surface area contributed by atoms with Crippen LogP contribution in [0.5, 0.6) is 0 Å². The summed E-state index contributed by atoms with van der Waals surface area (Å²) in [5, 5.41) is 6.69. The number of nitrogens with zero attached hydrogens (tertiary/aromatic N) is 5. The fourth-order valence-electron chi connectivity index (χ4n) is 2.30. The van der Waals surface area contributed by atoms with E-state index in [1.54, 1.807) is 0 Å². The second-order valence-corrected chi connectivity index (χ2v) is 4.78. The fourth-order valence-corrected chi connectivity index (χ4v) is 2.30. The van der Waals surface area contributed by atoms with Crippen LogP contribution in [0.3, 0.4) is 0 Å². The SMILES string of the molecule is Nc1ccncc1C(=O)N1CCn2c(nnc2C(F)(F)F)C1. The van der Waals surface area contributed by atoms with Crippen LogP contribution in [-0.4, -0.2) is 37.1 Å². The maximum absolute atomic E-state index is 12.8. The molecule has 0 fully saturated rings. The van der Waals surface area contributed by atoms with Gasteiger partial charge in [-0.25, -0.2) is 0 Å². The first-order valence-electron chi connectivity index (χ1n) is 6.36. The second kappa shape index (κ2) is 4.97. The van der Waals surface area contributed by atoms with Crippen LogP contribution >= 0.6 is 0 Å². The van der Waals surface area contributed by atoms with Crippen molar-refractivity contribution in [3.8, 4) is 0 Å². The molecule has 0 saturated heterocycles. The van der Waals surface area contributed by atoms with E-state index in [4.69, 9.17) is 5.73 Å². The topological polar surface area (TPSA) is 89.9 Å². The molecule has 1 aliphatic rings.